The first-order valence-electron chi connectivity index (χ1n) is 6.87. The monoisotopic (exact) mass is 375 g/mol. The lowest BCUT2D eigenvalue weighted by Crippen LogP contribution is -2.40. The summed E-state index contributed by atoms with van der Waals surface area (Å²) in [6.45, 7) is 1.00. The number of fused-ring (bicyclic) bond motifs is 1. The Kier molecular flexibility index (Phi) is 4.88. The number of hydrogen-bond donors (Lipinski definition) is 1. The number of benzene rings is 1. The first kappa shape index (κ1) is 16.7. The third-order valence-corrected chi connectivity index (χ3v) is 6.18. The topological polar surface area (TPSA) is 81.7 Å². The average molecular weight is 376 g/mol. The zero-order valence-corrected chi connectivity index (χ0v) is 14.3. The number of halogens is 1. The van der Waals surface area contributed by atoms with E-state index in [-0.39, 0.29) is 17.2 Å². The molecule has 0 radical (unpaired) electrons. The molecule has 1 aliphatic rings. The van der Waals surface area contributed by atoms with Gasteiger partial charge < -0.3 is 9.47 Å². The molecule has 23 heavy (non-hydrogen) atoms. The van der Waals surface area contributed by atoms with Crippen LogP contribution in [-0.2, 0) is 19.5 Å². The second kappa shape index (κ2) is 6.74. The molecule has 2 heterocycles. The van der Waals surface area contributed by atoms with Gasteiger partial charge in [-0.2, -0.15) is 0 Å². The van der Waals surface area contributed by atoms with E-state index in [2.05, 4.69) is 4.72 Å². The quantitative estimate of drug-likeness (QED) is 0.884. The van der Waals surface area contributed by atoms with Gasteiger partial charge in [0.1, 0.15) is 0 Å². The Morgan fingerprint density at radius 3 is 2.91 bits per heavy atom. The van der Waals surface area contributed by atoms with Crippen molar-refractivity contribution < 1.29 is 22.7 Å². The third kappa shape index (κ3) is 4.02. The number of thiophene rings is 1. The summed E-state index contributed by atoms with van der Waals surface area (Å²) < 4.78 is 37.4. The molecule has 0 bridgehead atoms. The van der Waals surface area contributed by atoms with E-state index in [1.807, 2.05) is 6.07 Å². The molecule has 1 N–H and O–H groups in total. The molecular formula is C14H14ClNO5S2. The van der Waals surface area contributed by atoms with E-state index in [9.17, 15) is 13.2 Å². The van der Waals surface area contributed by atoms with E-state index in [0.717, 1.165) is 21.4 Å². The maximum absolute atomic E-state index is 12.2. The van der Waals surface area contributed by atoms with E-state index in [4.69, 9.17) is 21.1 Å². The van der Waals surface area contributed by atoms with Crippen LogP contribution in [0.5, 0.6) is 0 Å². The molecule has 124 valence electrons. The summed E-state index contributed by atoms with van der Waals surface area (Å²) >= 11 is 7.22. The molecule has 6 nitrogen and oxygen atoms in total. The lowest BCUT2D eigenvalue weighted by Gasteiger charge is -2.22. The van der Waals surface area contributed by atoms with Gasteiger partial charge in [0.2, 0.25) is 10.0 Å². The predicted molar refractivity (Wildman–Crippen MR) is 88.6 cm³/mol. The van der Waals surface area contributed by atoms with Crippen molar-refractivity contribution in [2.75, 3.05) is 25.6 Å². The van der Waals surface area contributed by atoms with E-state index in [1.165, 1.54) is 0 Å². The Bertz CT molecular complexity index is 827. The number of sulfonamides is 1. The molecule has 9 heteroatoms. The van der Waals surface area contributed by atoms with Gasteiger partial charge in [-0.15, -0.1) is 11.3 Å². The van der Waals surface area contributed by atoms with Crippen molar-refractivity contribution in [3.63, 3.8) is 0 Å². The van der Waals surface area contributed by atoms with Crippen LogP contribution in [0.2, 0.25) is 5.02 Å². The molecule has 1 aromatic carbocycles. The molecule has 0 spiro atoms. The van der Waals surface area contributed by atoms with Gasteiger partial charge in [-0.3, -0.25) is 4.79 Å². The van der Waals surface area contributed by atoms with Gasteiger partial charge in [0.15, 0.2) is 0 Å². The SMILES string of the molecule is O=C(NS(=O)(=O)CC1COCCO1)c1cc2cccc(Cl)c2s1. The van der Waals surface area contributed by atoms with Crippen molar-refractivity contribution in [1.82, 2.24) is 4.72 Å². The largest absolute Gasteiger partial charge is 0.376 e. The highest BCUT2D eigenvalue weighted by Gasteiger charge is 2.25. The number of hydrogen-bond acceptors (Lipinski definition) is 6. The van der Waals surface area contributed by atoms with Gasteiger partial charge in [0.05, 0.1) is 46.3 Å². The van der Waals surface area contributed by atoms with Crippen LogP contribution < -0.4 is 4.72 Å². The van der Waals surface area contributed by atoms with E-state index in [1.54, 1.807) is 18.2 Å². The fourth-order valence-electron chi connectivity index (χ4n) is 2.25. The third-order valence-electron chi connectivity index (χ3n) is 3.26. The molecule has 1 atom stereocenters. The molecule has 3 rings (SSSR count). The zero-order valence-electron chi connectivity index (χ0n) is 12.0. The van der Waals surface area contributed by atoms with Crippen LogP contribution in [0.4, 0.5) is 0 Å². The van der Waals surface area contributed by atoms with Gasteiger partial charge in [-0.05, 0) is 17.5 Å². The standard InChI is InChI=1S/C14H14ClNO5S2/c15-11-3-1-2-9-6-12(22-13(9)11)14(17)16-23(18,19)8-10-7-20-4-5-21-10/h1-3,6,10H,4-5,7-8H2,(H,16,17). The van der Waals surface area contributed by atoms with Crippen LogP contribution in [0.25, 0.3) is 10.1 Å². The summed E-state index contributed by atoms with van der Waals surface area (Å²) in [6, 6.07) is 6.93. The van der Waals surface area contributed by atoms with Crippen LogP contribution in [0.3, 0.4) is 0 Å². The first-order chi connectivity index (χ1) is 10.9. The molecule has 2 aromatic rings. The van der Waals surface area contributed by atoms with Crippen molar-refractivity contribution in [3.8, 4) is 0 Å². The highest BCUT2D eigenvalue weighted by atomic mass is 35.5. The Balaban J connectivity index is 1.72. The average Bonchev–Trinajstić information content (AvgIpc) is 2.93. The van der Waals surface area contributed by atoms with Crippen molar-refractivity contribution >= 4 is 49.0 Å². The number of ether oxygens (including phenoxy) is 2. The van der Waals surface area contributed by atoms with Crippen molar-refractivity contribution in [1.29, 1.82) is 0 Å². The van der Waals surface area contributed by atoms with Gasteiger partial charge >= 0.3 is 0 Å². The van der Waals surface area contributed by atoms with Crippen molar-refractivity contribution in [2.24, 2.45) is 0 Å². The summed E-state index contributed by atoms with van der Waals surface area (Å²) in [5.41, 5.74) is 0. The Labute approximate surface area is 142 Å². The molecule has 1 aliphatic heterocycles. The molecular weight excluding hydrogens is 362 g/mol. The summed E-state index contributed by atoms with van der Waals surface area (Å²) in [5.74, 6) is -0.983. The predicted octanol–water partition coefficient (Wildman–Crippen LogP) is 2.03. The van der Waals surface area contributed by atoms with Crippen LogP contribution >= 0.6 is 22.9 Å². The maximum atomic E-state index is 12.2. The van der Waals surface area contributed by atoms with Gasteiger partial charge in [0.25, 0.3) is 5.91 Å². The fraction of sp³-hybridized carbons (Fsp3) is 0.357. The second-order valence-corrected chi connectivity index (χ2v) is 8.28. The van der Waals surface area contributed by atoms with Crippen LogP contribution in [-0.4, -0.2) is 46.0 Å². The fourth-order valence-corrected chi connectivity index (χ4v) is 4.73. The van der Waals surface area contributed by atoms with E-state index < -0.39 is 22.0 Å². The van der Waals surface area contributed by atoms with Crippen molar-refractivity contribution in [3.05, 3.63) is 34.2 Å². The number of rotatable bonds is 4. The minimum absolute atomic E-state index is 0.202. The van der Waals surface area contributed by atoms with Gasteiger partial charge in [-0.1, -0.05) is 23.7 Å². The van der Waals surface area contributed by atoms with Gasteiger partial charge in [-0.25, -0.2) is 13.1 Å². The highest BCUT2D eigenvalue weighted by Crippen LogP contribution is 2.31. The van der Waals surface area contributed by atoms with E-state index in [0.29, 0.717) is 18.2 Å². The molecule has 1 saturated heterocycles. The Morgan fingerprint density at radius 2 is 2.22 bits per heavy atom. The van der Waals surface area contributed by atoms with Crippen LogP contribution in [0.15, 0.2) is 24.3 Å². The Hall–Kier alpha value is -1.19. The maximum Gasteiger partial charge on any atom is 0.274 e. The van der Waals surface area contributed by atoms with Crippen LogP contribution in [0.1, 0.15) is 9.67 Å². The summed E-state index contributed by atoms with van der Waals surface area (Å²) in [4.78, 5) is 12.5. The smallest absolute Gasteiger partial charge is 0.274 e. The molecule has 0 saturated carbocycles. The summed E-state index contributed by atoms with van der Waals surface area (Å²) in [7, 11) is -3.81. The second-order valence-electron chi connectivity index (χ2n) is 5.05. The number of carbonyl (C=O) groups is 1. The molecule has 1 amide bonds. The minimum atomic E-state index is -3.81. The van der Waals surface area contributed by atoms with Gasteiger partial charge in [0, 0.05) is 0 Å². The lowest BCUT2D eigenvalue weighted by atomic mass is 10.2. The normalized spacial score (nSPS) is 18.9. The molecule has 1 aromatic heterocycles. The highest BCUT2D eigenvalue weighted by molar-refractivity contribution is 7.90. The van der Waals surface area contributed by atoms with Crippen LogP contribution in [0, 0.1) is 0 Å². The zero-order chi connectivity index (χ0) is 16.4. The lowest BCUT2D eigenvalue weighted by molar-refractivity contribution is -0.0782. The number of carbonyl (C=O) groups excluding carboxylic acids is 1. The first-order valence-corrected chi connectivity index (χ1v) is 9.71. The minimum Gasteiger partial charge on any atom is -0.376 e. The van der Waals surface area contributed by atoms with E-state index >= 15 is 0 Å². The molecule has 0 aliphatic carbocycles. The summed E-state index contributed by atoms with van der Waals surface area (Å²) in [5, 5.41) is 1.33. The number of nitrogens with one attached hydrogen (secondary N) is 1. The summed E-state index contributed by atoms with van der Waals surface area (Å²) in [6.07, 6.45) is -0.564. The van der Waals surface area contributed by atoms with Crippen molar-refractivity contribution in [2.45, 2.75) is 6.10 Å². The Morgan fingerprint density at radius 1 is 1.39 bits per heavy atom. The molecule has 1 unspecified atom stereocenters. The number of amides is 1. The molecule has 1 fully saturated rings.